The molecular formula is C12H10F3NO2S2. The van der Waals surface area contributed by atoms with Crippen molar-refractivity contribution in [2.24, 2.45) is 4.99 Å². The van der Waals surface area contributed by atoms with Gasteiger partial charge in [-0.1, -0.05) is 12.1 Å². The van der Waals surface area contributed by atoms with Gasteiger partial charge in [-0.2, -0.15) is 13.2 Å². The van der Waals surface area contributed by atoms with Gasteiger partial charge in [0.25, 0.3) is 0 Å². The fraction of sp³-hybridized carbons (Fsp3) is 0.333. The van der Waals surface area contributed by atoms with Crippen LogP contribution in [0.1, 0.15) is 18.0 Å². The van der Waals surface area contributed by atoms with Crippen LogP contribution >= 0.6 is 24.0 Å². The van der Waals surface area contributed by atoms with E-state index in [1.165, 1.54) is 25.3 Å². The van der Waals surface area contributed by atoms with Gasteiger partial charge in [0.1, 0.15) is 0 Å². The van der Waals surface area contributed by atoms with Crippen LogP contribution in [-0.2, 0) is 9.53 Å². The molecule has 0 spiro atoms. The van der Waals surface area contributed by atoms with Gasteiger partial charge < -0.3 is 4.74 Å². The van der Waals surface area contributed by atoms with Crippen molar-refractivity contribution in [2.75, 3.05) is 7.11 Å². The van der Waals surface area contributed by atoms with Crippen LogP contribution in [-0.4, -0.2) is 23.7 Å². The third-order valence-electron chi connectivity index (χ3n) is 2.27. The van der Waals surface area contributed by atoms with E-state index in [2.05, 4.69) is 27.1 Å². The molecule has 8 heteroatoms. The molecule has 0 aromatic heterocycles. The lowest BCUT2D eigenvalue weighted by Gasteiger charge is -2.12. The van der Waals surface area contributed by atoms with Crippen molar-refractivity contribution in [1.29, 1.82) is 0 Å². The highest BCUT2D eigenvalue weighted by Gasteiger charge is 2.29. The molecule has 1 unspecified atom stereocenters. The zero-order valence-electron chi connectivity index (χ0n) is 10.3. The van der Waals surface area contributed by atoms with Gasteiger partial charge in [-0.05, 0) is 41.7 Å². The summed E-state index contributed by atoms with van der Waals surface area (Å²) in [5.74, 6) is -0.530. The molecule has 20 heavy (non-hydrogen) atoms. The van der Waals surface area contributed by atoms with Crippen molar-refractivity contribution < 1.29 is 22.7 Å². The summed E-state index contributed by atoms with van der Waals surface area (Å²) in [5, 5.41) is 2.13. The molecule has 0 fully saturated rings. The third-order valence-corrected chi connectivity index (χ3v) is 3.10. The molecule has 108 valence electrons. The zero-order chi connectivity index (χ0) is 15.2. The van der Waals surface area contributed by atoms with Crippen LogP contribution in [0.2, 0.25) is 0 Å². The molecule has 0 aliphatic heterocycles. The van der Waals surface area contributed by atoms with Crippen molar-refractivity contribution >= 4 is 35.1 Å². The van der Waals surface area contributed by atoms with Crippen molar-refractivity contribution in [1.82, 2.24) is 0 Å². The van der Waals surface area contributed by atoms with E-state index in [0.29, 0.717) is 5.56 Å². The lowest BCUT2D eigenvalue weighted by molar-refractivity contribution is -0.141. The summed E-state index contributed by atoms with van der Waals surface area (Å²) in [4.78, 5) is 15.1. The number of carbonyl (C=O) groups is 1. The summed E-state index contributed by atoms with van der Waals surface area (Å²) >= 11 is 4.25. The van der Waals surface area contributed by atoms with Crippen LogP contribution in [0.5, 0.6) is 0 Å². The molecular weight excluding hydrogens is 311 g/mol. The number of hydrogen-bond donors (Lipinski definition) is 0. The van der Waals surface area contributed by atoms with Gasteiger partial charge in [-0.3, -0.25) is 4.79 Å². The summed E-state index contributed by atoms with van der Waals surface area (Å²) in [6.07, 6.45) is -0.111. The molecule has 0 saturated heterocycles. The summed E-state index contributed by atoms with van der Waals surface area (Å²) < 4.78 is 41.5. The summed E-state index contributed by atoms with van der Waals surface area (Å²) in [7, 11) is 1.22. The number of aliphatic imine (C=N–C) groups is 1. The van der Waals surface area contributed by atoms with Crippen LogP contribution in [0.4, 0.5) is 13.2 Å². The second-order valence-electron chi connectivity index (χ2n) is 3.64. The predicted molar refractivity (Wildman–Crippen MR) is 72.8 cm³/mol. The van der Waals surface area contributed by atoms with E-state index in [1.807, 2.05) is 0 Å². The lowest BCUT2D eigenvalue weighted by atomic mass is 10.0. The summed E-state index contributed by atoms with van der Waals surface area (Å²) in [5.41, 5.74) is -3.92. The number of carbonyl (C=O) groups excluding carboxylic acids is 1. The second kappa shape index (κ2) is 7.42. The largest absolute Gasteiger partial charge is 0.469 e. The Hall–Kier alpha value is -1.37. The van der Waals surface area contributed by atoms with Crippen molar-refractivity contribution in [3.8, 4) is 0 Å². The van der Waals surface area contributed by atoms with E-state index in [0.717, 1.165) is 0 Å². The van der Waals surface area contributed by atoms with Crippen LogP contribution in [0.25, 0.3) is 0 Å². The Kier molecular flexibility index (Phi) is 6.19. The fourth-order valence-electron chi connectivity index (χ4n) is 1.46. The second-order valence-corrected chi connectivity index (χ2v) is 4.96. The predicted octanol–water partition coefficient (Wildman–Crippen LogP) is 4.01. The quantitative estimate of drug-likeness (QED) is 0.355. The Bertz CT molecular complexity index is 528. The first-order valence-electron chi connectivity index (χ1n) is 5.35. The molecule has 0 aliphatic carbocycles. The summed E-state index contributed by atoms with van der Waals surface area (Å²) in [6, 6.07) is 4.99. The third kappa shape index (κ3) is 5.73. The van der Waals surface area contributed by atoms with E-state index in [1.54, 1.807) is 6.07 Å². The van der Waals surface area contributed by atoms with Crippen LogP contribution in [0.3, 0.4) is 0 Å². The van der Waals surface area contributed by atoms with Gasteiger partial charge in [-0.15, -0.1) is 0 Å². The Labute approximate surface area is 123 Å². The molecule has 0 bridgehead atoms. The highest BCUT2D eigenvalue weighted by molar-refractivity contribution is 8.00. The maximum absolute atomic E-state index is 12.3. The van der Waals surface area contributed by atoms with Crippen molar-refractivity contribution in [2.45, 2.75) is 22.9 Å². The van der Waals surface area contributed by atoms with Crippen molar-refractivity contribution in [3.05, 3.63) is 29.8 Å². The first kappa shape index (κ1) is 16.7. The number of alkyl halides is 3. The number of methoxy groups -OCH3 is 1. The SMILES string of the molecule is COC(=O)CC(N=C=S)c1cccc(SC(F)(F)F)c1. The normalized spacial score (nSPS) is 12.4. The highest BCUT2D eigenvalue weighted by atomic mass is 32.2. The molecule has 1 rings (SSSR count). The average molecular weight is 321 g/mol. The summed E-state index contributed by atoms with van der Waals surface area (Å²) in [6.45, 7) is 0. The zero-order valence-corrected chi connectivity index (χ0v) is 11.9. The van der Waals surface area contributed by atoms with E-state index in [9.17, 15) is 18.0 Å². The van der Waals surface area contributed by atoms with E-state index >= 15 is 0 Å². The van der Waals surface area contributed by atoms with E-state index in [-0.39, 0.29) is 23.1 Å². The number of isothiocyanates is 1. The standard InChI is InChI=1S/C12H10F3NO2S2/c1-18-11(17)6-10(16-7-19)8-3-2-4-9(5-8)20-12(13,14)15/h2-5,10H,6H2,1H3. The van der Waals surface area contributed by atoms with Crippen LogP contribution < -0.4 is 0 Å². The molecule has 1 atom stereocenters. The Morgan fingerprint density at radius 3 is 2.80 bits per heavy atom. The van der Waals surface area contributed by atoms with Gasteiger partial charge in [0.05, 0.1) is 24.7 Å². The average Bonchev–Trinajstić information content (AvgIpc) is 2.36. The van der Waals surface area contributed by atoms with Gasteiger partial charge >= 0.3 is 11.5 Å². The number of thioether (sulfide) groups is 1. The molecule has 0 N–H and O–H groups in total. The lowest BCUT2D eigenvalue weighted by Crippen LogP contribution is -2.07. The smallest absolute Gasteiger partial charge is 0.446 e. The molecule has 0 saturated carbocycles. The fourth-order valence-corrected chi connectivity index (χ4v) is 2.20. The van der Waals surface area contributed by atoms with Gasteiger partial charge in [0.15, 0.2) is 0 Å². The maximum atomic E-state index is 12.3. The Balaban J connectivity index is 2.99. The minimum Gasteiger partial charge on any atom is -0.469 e. The molecule has 0 radical (unpaired) electrons. The molecule has 1 aromatic rings. The first-order valence-corrected chi connectivity index (χ1v) is 6.57. The van der Waals surface area contributed by atoms with Gasteiger partial charge in [0, 0.05) is 4.90 Å². The number of nitrogens with zero attached hydrogens (tertiary/aromatic N) is 1. The number of hydrogen-bond acceptors (Lipinski definition) is 5. The van der Waals surface area contributed by atoms with Gasteiger partial charge in [0.2, 0.25) is 0 Å². The number of benzene rings is 1. The van der Waals surface area contributed by atoms with Crippen LogP contribution in [0.15, 0.2) is 34.2 Å². The highest BCUT2D eigenvalue weighted by Crippen LogP contribution is 2.38. The first-order chi connectivity index (χ1) is 9.35. The Morgan fingerprint density at radius 2 is 2.25 bits per heavy atom. The number of halogens is 3. The number of ether oxygens (including phenoxy) is 1. The molecule has 0 aliphatic rings. The Morgan fingerprint density at radius 1 is 1.55 bits per heavy atom. The van der Waals surface area contributed by atoms with E-state index < -0.39 is 17.5 Å². The minimum atomic E-state index is -4.37. The number of rotatable bonds is 5. The van der Waals surface area contributed by atoms with E-state index in [4.69, 9.17) is 0 Å². The van der Waals surface area contributed by atoms with Crippen molar-refractivity contribution in [3.63, 3.8) is 0 Å². The maximum Gasteiger partial charge on any atom is 0.446 e. The number of esters is 1. The number of thiocarbonyl (C=S) groups is 1. The molecule has 0 amide bonds. The molecule has 0 heterocycles. The van der Waals surface area contributed by atoms with Crippen LogP contribution in [0, 0.1) is 0 Å². The topological polar surface area (TPSA) is 38.7 Å². The van der Waals surface area contributed by atoms with Gasteiger partial charge in [-0.25, -0.2) is 4.99 Å². The molecule has 3 nitrogen and oxygen atoms in total. The minimum absolute atomic E-state index is 0.0180. The monoisotopic (exact) mass is 321 g/mol. The molecule has 1 aromatic carbocycles.